The monoisotopic (exact) mass is 252 g/mol. The Bertz CT molecular complexity index is 615. The van der Waals surface area contributed by atoms with Crippen molar-refractivity contribution in [3.8, 4) is 11.5 Å². The molecular formula is C17H16O2. The Kier molecular flexibility index (Phi) is 3.00. The van der Waals surface area contributed by atoms with Gasteiger partial charge in [0.25, 0.3) is 0 Å². The smallest absolute Gasteiger partial charge is 0.231 e. The largest absolute Gasteiger partial charge is 0.454 e. The van der Waals surface area contributed by atoms with E-state index in [4.69, 9.17) is 9.47 Å². The fourth-order valence-electron chi connectivity index (χ4n) is 2.28. The summed E-state index contributed by atoms with van der Waals surface area (Å²) < 4.78 is 10.8. The van der Waals surface area contributed by atoms with E-state index in [2.05, 4.69) is 31.7 Å². The van der Waals surface area contributed by atoms with Crippen LogP contribution in [0.3, 0.4) is 0 Å². The number of ether oxygens (including phenoxy) is 2. The molecule has 2 aromatic carbocycles. The summed E-state index contributed by atoms with van der Waals surface area (Å²) in [6.07, 6.45) is 0.826. The van der Waals surface area contributed by atoms with Gasteiger partial charge in [0.05, 0.1) is 0 Å². The van der Waals surface area contributed by atoms with Gasteiger partial charge < -0.3 is 9.47 Å². The Hall–Kier alpha value is -2.22. The maximum Gasteiger partial charge on any atom is 0.231 e. The summed E-state index contributed by atoms with van der Waals surface area (Å²) in [5.41, 5.74) is 4.74. The van der Waals surface area contributed by atoms with E-state index in [-0.39, 0.29) is 0 Å². The summed E-state index contributed by atoms with van der Waals surface area (Å²) in [6.45, 7) is 6.59. The standard InChI is InChI=1S/C17H16O2/c1-12(14-6-4-3-5-7-14)8-15-10-17-16(9-13(15)2)18-11-19-17/h3-7,9-10H,1,8,11H2,2H3. The van der Waals surface area contributed by atoms with Crippen molar-refractivity contribution in [1.29, 1.82) is 0 Å². The molecular weight excluding hydrogens is 236 g/mol. The Morgan fingerprint density at radius 2 is 1.79 bits per heavy atom. The number of benzene rings is 2. The first-order valence-electron chi connectivity index (χ1n) is 6.36. The predicted molar refractivity (Wildman–Crippen MR) is 76.5 cm³/mol. The Balaban J connectivity index is 1.86. The first kappa shape index (κ1) is 11.8. The molecule has 96 valence electrons. The highest BCUT2D eigenvalue weighted by molar-refractivity contribution is 5.66. The zero-order chi connectivity index (χ0) is 13.2. The van der Waals surface area contributed by atoms with Crippen LogP contribution >= 0.6 is 0 Å². The van der Waals surface area contributed by atoms with Gasteiger partial charge in [-0.05, 0) is 47.7 Å². The van der Waals surface area contributed by atoms with Crippen molar-refractivity contribution in [2.45, 2.75) is 13.3 Å². The van der Waals surface area contributed by atoms with Crippen LogP contribution in [0.2, 0.25) is 0 Å². The quantitative estimate of drug-likeness (QED) is 0.822. The number of aryl methyl sites for hydroxylation is 1. The summed E-state index contributed by atoms with van der Waals surface area (Å²) >= 11 is 0. The van der Waals surface area contributed by atoms with Crippen LogP contribution in [0.4, 0.5) is 0 Å². The van der Waals surface area contributed by atoms with Crippen LogP contribution in [-0.4, -0.2) is 6.79 Å². The SMILES string of the molecule is C=C(Cc1cc2c(cc1C)OCO2)c1ccccc1. The molecule has 2 heteroatoms. The minimum atomic E-state index is 0.317. The molecule has 19 heavy (non-hydrogen) atoms. The van der Waals surface area contributed by atoms with E-state index in [9.17, 15) is 0 Å². The lowest BCUT2D eigenvalue weighted by molar-refractivity contribution is 0.174. The van der Waals surface area contributed by atoms with Crippen molar-refractivity contribution in [2.24, 2.45) is 0 Å². The molecule has 1 aliphatic heterocycles. The molecule has 0 radical (unpaired) electrons. The van der Waals surface area contributed by atoms with Crippen LogP contribution < -0.4 is 9.47 Å². The molecule has 0 atom stereocenters. The first-order valence-corrected chi connectivity index (χ1v) is 6.36. The molecule has 2 aromatic rings. The predicted octanol–water partition coefficient (Wildman–Crippen LogP) is 3.98. The lowest BCUT2D eigenvalue weighted by Crippen LogP contribution is -1.93. The van der Waals surface area contributed by atoms with Gasteiger partial charge >= 0.3 is 0 Å². The molecule has 2 nitrogen and oxygen atoms in total. The average molecular weight is 252 g/mol. The topological polar surface area (TPSA) is 18.5 Å². The second-order valence-corrected chi connectivity index (χ2v) is 4.78. The highest BCUT2D eigenvalue weighted by atomic mass is 16.7. The third-order valence-corrected chi connectivity index (χ3v) is 3.42. The summed E-state index contributed by atoms with van der Waals surface area (Å²) in [7, 11) is 0. The number of hydrogen-bond acceptors (Lipinski definition) is 2. The van der Waals surface area contributed by atoms with Gasteiger partial charge in [-0.2, -0.15) is 0 Å². The lowest BCUT2D eigenvalue weighted by Gasteiger charge is -2.10. The van der Waals surface area contributed by atoms with Crippen LogP contribution in [0.1, 0.15) is 16.7 Å². The molecule has 0 unspecified atom stereocenters. The average Bonchev–Trinajstić information content (AvgIpc) is 2.87. The van der Waals surface area contributed by atoms with E-state index in [1.807, 2.05) is 24.3 Å². The second kappa shape index (κ2) is 4.81. The fourth-order valence-corrected chi connectivity index (χ4v) is 2.28. The summed E-state index contributed by atoms with van der Waals surface area (Å²) in [4.78, 5) is 0. The Morgan fingerprint density at radius 1 is 1.11 bits per heavy atom. The van der Waals surface area contributed by atoms with Crippen molar-refractivity contribution in [3.63, 3.8) is 0 Å². The van der Waals surface area contributed by atoms with E-state index in [1.54, 1.807) is 0 Å². The van der Waals surface area contributed by atoms with Gasteiger partial charge in [0.2, 0.25) is 6.79 Å². The van der Waals surface area contributed by atoms with Gasteiger partial charge in [-0.25, -0.2) is 0 Å². The minimum absolute atomic E-state index is 0.317. The Morgan fingerprint density at radius 3 is 2.53 bits per heavy atom. The zero-order valence-electron chi connectivity index (χ0n) is 11.0. The molecule has 0 amide bonds. The van der Waals surface area contributed by atoms with E-state index in [0.29, 0.717) is 6.79 Å². The van der Waals surface area contributed by atoms with Crippen LogP contribution in [-0.2, 0) is 6.42 Å². The summed E-state index contributed by atoms with van der Waals surface area (Å²) in [6, 6.07) is 14.4. The van der Waals surface area contributed by atoms with Gasteiger partial charge in [0.15, 0.2) is 11.5 Å². The van der Waals surface area contributed by atoms with Crippen LogP contribution in [0.5, 0.6) is 11.5 Å². The molecule has 0 aromatic heterocycles. The molecule has 0 spiro atoms. The number of hydrogen-bond donors (Lipinski definition) is 0. The van der Waals surface area contributed by atoms with E-state index >= 15 is 0 Å². The number of allylic oxidation sites excluding steroid dienone is 1. The molecule has 0 N–H and O–H groups in total. The van der Waals surface area contributed by atoms with Crippen molar-refractivity contribution in [1.82, 2.24) is 0 Å². The molecule has 0 saturated heterocycles. The fraction of sp³-hybridized carbons (Fsp3) is 0.176. The Labute approximate surface area is 113 Å². The van der Waals surface area contributed by atoms with Crippen LogP contribution in [0, 0.1) is 6.92 Å². The van der Waals surface area contributed by atoms with Crippen molar-refractivity contribution >= 4 is 5.57 Å². The molecule has 0 bridgehead atoms. The summed E-state index contributed by atoms with van der Waals surface area (Å²) in [5, 5.41) is 0. The molecule has 1 aliphatic rings. The van der Waals surface area contributed by atoms with Crippen molar-refractivity contribution in [3.05, 3.63) is 65.7 Å². The highest BCUT2D eigenvalue weighted by Gasteiger charge is 2.16. The third-order valence-electron chi connectivity index (χ3n) is 3.42. The van der Waals surface area contributed by atoms with Gasteiger partial charge in [-0.15, -0.1) is 0 Å². The molecule has 0 saturated carbocycles. The lowest BCUT2D eigenvalue weighted by atomic mass is 9.96. The van der Waals surface area contributed by atoms with Crippen molar-refractivity contribution < 1.29 is 9.47 Å². The van der Waals surface area contributed by atoms with Crippen LogP contribution in [0.25, 0.3) is 5.57 Å². The molecule has 1 heterocycles. The third kappa shape index (κ3) is 2.34. The van der Waals surface area contributed by atoms with E-state index < -0.39 is 0 Å². The van der Waals surface area contributed by atoms with E-state index in [0.717, 1.165) is 23.5 Å². The minimum Gasteiger partial charge on any atom is -0.454 e. The molecule has 0 aliphatic carbocycles. The van der Waals surface area contributed by atoms with Gasteiger partial charge in [0, 0.05) is 0 Å². The number of fused-ring (bicyclic) bond motifs is 1. The van der Waals surface area contributed by atoms with Gasteiger partial charge in [-0.1, -0.05) is 36.9 Å². The number of rotatable bonds is 3. The normalized spacial score (nSPS) is 12.5. The maximum atomic E-state index is 5.43. The molecule has 0 fully saturated rings. The zero-order valence-corrected chi connectivity index (χ0v) is 11.0. The van der Waals surface area contributed by atoms with Gasteiger partial charge in [-0.3, -0.25) is 0 Å². The first-order chi connectivity index (χ1) is 9.24. The second-order valence-electron chi connectivity index (χ2n) is 4.78. The van der Waals surface area contributed by atoms with Crippen molar-refractivity contribution in [2.75, 3.05) is 6.79 Å². The maximum absolute atomic E-state index is 5.43. The highest BCUT2D eigenvalue weighted by Crippen LogP contribution is 2.35. The summed E-state index contributed by atoms with van der Waals surface area (Å²) in [5.74, 6) is 1.67. The van der Waals surface area contributed by atoms with E-state index in [1.165, 1.54) is 16.7 Å². The molecule has 3 rings (SSSR count). The van der Waals surface area contributed by atoms with Gasteiger partial charge in [0.1, 0.15) is 0 Å². The van der Waals surface area contributed by atoms with Crippen LogP contribution in [0.15, 0.2) is 49.0 Å².